The normalized spacial score (nSPS) is 26.5. The van der Waals surface area contributed by atoms with Gasteiger partial charge in [0.15, 0.2) is 0 Å². The molecule has 1 aliphatic heterocycles. The van der Waals surface area contributed by atoms with E-state index in [9.17, 15) is 4.79 Å². The molecule has 0 aliphatic carbocycles. The molecule has 0 aromatic heterocycles. The number of nitrogens with one attached hydrogen (secondary N) is 1. The summed E-state index contributed by atoms with van der Waals surface area (Å²) < 4.78 is 10.7. The van der Waals surface area contributed by atoms with Gasteiger partial charge < -0.3 is 19.9 Å². The van der Waals surface area contributed by atoms with Crippen LogP contribution in [-0.4, -0.2) is 48.6 Å². The second-order valence-electron chi connectivity index (χ2n) is 5.01. The van der Waals surface area contributed by atoms with Crippen LogP contribution in [0.3, 0.4) is 0 Å². The molecule has 2 unspecified atom stereocenters. The number of carbonyl (C=O) groups excluding carboxylic acids is 1. The summed E-state index contributed by atoms with van der Waals surface area (Å²) in [6, 6.07) is 0. The summed E-state index contributed by atoms with van der Waals surface area (Å²) in [4.78, 5) is 11.5. The van der Waals surface area contributed by atoms with Gasteiger partial charge >= 0.3 is 5.97 Å². The highest BCUT2D eigenvalue weighted by molar-refractivity contribution is 5.70. The molecule has 16 heavy (non-hydrogen) atoms. The van der Waals surface area contributed by atoms with Gasteiger partial charge in [0.05, 0.1) is 25.2 Å². The Morgan fingerprint density at radius 1 is 1.44 bits per heavy atom. The van der Waals surface area contributed by atoms with E-state index in [1.54, 1.807) is 0 Å². The summed E-state index contributed by atoms with van der Waals surface area (Å²) in [5, 5.41) is 12.1. The topological polar surface area (TPSA) is 67.8 Å². The number of ether oxygens (including phenoxy) is 2. The first-order valence-corrected chi connectivity index (χ1v) is 5.59. The van der Waals surface area contributed by atoms with Gasteiger partial charge in [0.25, 0.3) is 0 Å². The number of aliphatic hydroxyl groups is 1. The SMILES string of the molecule is CC(C)(C)OC(=O)CC1CNCC(CO)O1. The molecule has 0 bridgehead atoms. The summed E-state index contributed by atoms with van der Waals surface area (Å²) in [5.74, 6) is -0.266. The van der Waals surface area contributed by atoms with Crippen molar-refractivity contribution in [2.24, 2.45) is 0 Å². The van der Waals surface area contributed by atoms with Crippen LogP contribution in [0.25, 0.3) is 0 Å². The largest absolute Gasteiger partial charge is 0.460 e. The van der Waals surface area contributed by atoms with Crippen molar-refractivity contribution in [2.45, 2.75) is 45.0 Å². The van der Waals surface area contributed by atoms with Gasteiger partial charge in [-0.05, 0) is 20.8 Å². The van der Waals surface area contributed by atoms with E-state index in [-0.39, 0.29) is 31.2 Å². The molecule has 0 amide bonds. The molecule has 5 nitrogen and oxygen atoms in total. The smallest absolute Gasteiger partial charge is 0.308 e. The summed E-state index contributed by atoms with van der Waals surface area (Å²) in [6.07, 6.45) is -0.206. The molecule has 0 saturated carbocycles. The second-order valence-corrected chi connectivity index (χ2v) is 5.01. The summed E-state index contributed by atoms with van der Waals surface area (Å²) in [7, 11) is 0. The minimum Gasteiger partial charge on any atom is -0.460 e. The average Bonchev–Trinajstić information content (AvgIpc) is 2.15. The molecule has 1 saturated heterocycles. The third kappa shape index (κ3) is 4.92. The molecule has 2 atom stereocenters. The van der Waals surface area contributed by atoms with Crippen molar-refractivity contribution in [1.82, 2.24) is 5.32 Å². The van der Waals surface area contributed by atoms with Gasteiger partial charge in [0, 0.05) is 13.1 Å². The Kier molecular flexibility index (Phi) is 4.70. The number of rotatable bonds is 3. The predicted octanol–water partition coefficient (Wildman–Crippen LogP) is 0.0675. The lowest BCUT2D eigenvalue weighted by molar-refractivity contribution is -0.160. The first-order chi connectivity index (χ1) is 7.40. The highest BCUT2D eigenvalue weighted by Gasteiger charge is 2.26. The molecule has 1 heterocycles. The summed E-state index contributed by atoms with van der Waals surface area (Å²) in [5.41, 5.74) is -0.463. The van der Waals surface area contributed by atoms with E-state index in [1.165, 1.54) is 0 Å². The zero-order valence-electron chi connectivity index (χ0n) is 10.2. The lowest BCUT2D eigenvalue weighted by Crippen LogP contribution is -2.47. The third-order valence-electron chi connectivity index (χ3n) is 2.15. The Morgan fingerprint density at radius 2 is 2.06 bits per heavy atom. The third-order valence-corrected chi connectivity index (χ3v) is 2.15. The van der Waals surface area contributed by atoms with E-state index in [1.807, 2.05) is 20.8 Å². The predicted molar refractivity (Wildman–Crippen MR) is 59.1 cm³/mol. The Bertz CT molecular complexity index is 237. The molecule has 1 rings (SSSR count). The van der Waals surface area contributed by atoms with Gasteiger partial charge in [-0.1, -0.05) is 0 Å². The fourth-order valence-corrected chi connectivity index (χ4v) is 1.57. The minimum absolute atomic E-state index is 0.0299. The number of morpholine rings is 1. The Labute approximate surface area is 96.1 Å². The molecule has 1 aliphatic rings. The fraction of sp³-hybridized carbons (Fsp3) is 0.909. The highest BCUT2D eigenvalue weighted by Crippen LogP contribution is 2.12. The van der Waals surface area contributed by atoms with Crippen LogP contribution in [0.2, 0.25) is 0 Å². The molecule has 1 fully saturated rings. The standard InChI is InChI=1S/C11H21NO4/c1-11(2,3)16-10(14)4-8-5-12-6-9(7-13)15-8/h8-9,12-13H,4-7H2,1-3H3. The van der Waals surface area contributed by atoms with Crippen molar-refractivity contribution in [3.8, 4) is 0 Å². The Balaban J connectivity index is 2.33. The van der Waals surface area contributed by atoms with Gasteiger partial charge in [-0.15, -0.1) is 0 Å². The van der Waals surface area contributed by atoms with Crippen LogP contribution in [0.15, 0.2) is 0 Å². The molecule has 2 N–H and O–H groups in total. The molecule has 0 radical (unpaired) electrons. The molecular formula is C11H21NO4. The lowest BCUT2D eigenvalue weighted by atomic mass is 10.1. The monoisotopic (exact) mass is 231 g/mol. The van der Waals surface area contributed by atoms with Gasteiger partial charge in [0.1, 0.15) is 5.60 Å². The van der Waals surface area contributed by atoms with Gasteiger partial charge in [-0.2, -0.15) is 0 Å². The van der Waals surface area contributed by atoms with Crippen LogP contribution in [0.4, 0.5) is 0 Å². The number of esters is 1. The van der Waals surface area contributed by atoms with E-state index in [2.05, 4.69) is 5.32 Å². The van der Waals surface area contributed by atoms with Crippen molar-refractivity contribution in [2.75, 3.05) is 19.7 Å². The first-order valence-electron chi connectivity index (χ1n) is 5.59. The zero-order valence-corrected chi connectivity index (χ0v) is 10.2. The van der Waals surface area contributed by atoms with Crippen LogP contribution in [0.5, 0.6) is 0 Å². The van der Waals surface area contributed by atoms with E-state index < -0.39 is 5.60 Å². The van der Waals surface area contributed by atoms with Crippen molar-refractivity contribution >= 4 is 5.97 Å². The van der Waals surface area contributed by atoms with E-state index in [0.717, 1.165) is 0 Å². The van der Waals surface area contributed by atoms with Crippen molar-refractivity contribution in [3.05, 3.63) is 0 Å². The van der Waals surface area contributed by atoms with Crippen LogP contribution in [-0.2, 0) is 14.3 Å². The second kappa shape index (κ2) is 5.61. The molecule has 94 valence electrons. The number of aliphatic hydroxyl groups excluding tert-OH is 1. The van der Waals surface area contributed by atoms with Crippen LogP contribution in [0.1, 0.15) is 27.2 Å². The maximum atomic E-state index is 11.5. The van der Waals surface area contributed by atoms with Gasteiger partial charge in [-0.3, -0.25) is 4.79 Å². The van der Waals surface area contributed by atoms with Crippen molar-refractivity contribution < 1.29 is 19.4 Å². The fourth-order valence-electron chi connectivity index (χ4n) is 1.57. The molecule has 0 aromatic carbocycles. The van der Waals surface area contributed by atoms with Crippen LogP contribution >= 0.6 is 0 Å². The van der Waals surface area contributed by atoms with E-state index in [4.69, 9.17) is 14.6 Å². The molecule has 5 heteroatoms. The summed E-state index contributed by atoms with van der Waals surface area (Å²) in [6.45, 7) is 6.72. The maximum Gasteiger partial charge on any atom is 0.308 e. The van der Waals surface area contributed by atoms with Crippen LogP contribution < -0.4 is 5.32 Å². The highest BCUT2D eigenvalue weighted by atomic mass is 16.6. The first kappa shape index (κ1) is 13.4. The van der Waals surface area contributed by atoms with Crippen molar-refractivity contribution in [3.63, 3.8) is 0 Å². The van der Waals surface area contributed by atoms with E-state index >= 15 is 0 Å². The lowest BCUT2D eigenvalue weighted by Gasteiger charge is -2.30. The van der Waals surface area contributed by atoms with E-state index in [0.29, 0.717) is 13.1 Å². The Hall–Kier alpha value is -0.650. The van der Waals surface area contributed by atoms with Crippen molar-refractivity contribution in [1.29, 1.82) is 0 Å². The average molecular weight is 231 g/mol. The Morgan fingerprint density at radius 3 is 2.62 bits per heavy atom. The number of carbonyl (C=O) groups is 1. The maximum absolute atomic E-state index is 11.5. The quantitative estimate of drug-likeness (QED) is 0.673. The molecular weight excluding hydrogens is 210 g/mol. The van der Waals surface area contributed by atoms with Gasteiger partial charge in [-0.25, -0.2) is 0 Å². The zero-order chi connectivity index (χ0) is 12.2. The summed E-state index contributed by atoms with van der Waals surface area (Å²) >= 11 is 0. The number of hydrogen-bond donors (Lipinski definition) is 2. The van der Waals surface area contributed by atoms with Crippen LogP contribution in [0, 0.1) is 0 Å². The molecule has 0 aromatic rings. The minimum atomic E-state index is -0.463. The number of hydrogen-bond acceptors (Lipinski definition) is 5. The van der Waals surface area contributed by atoms with Gasteiger partial charge in [0.2, 0.25) is 0 Å². The molecule has 0 spiro atoms.